The molecule has 0 saturated carbocycles. The summed E-state index contributed by atoms with van der Waals surface area (Å²) in [7, 11) is 0. The molecule has 0 radical (unpaired) electrons. The van der Waals surface area contributed by atoms with Crippen LogP contribution in [0.3, 0.4) is 0 Å². The van der Waals surface area contributed by atoms with Crippen molar-refractivity contribution in [1.29, 1.82) is 0 Å². The topological polar surface area (TPSA) is 52.6 Å². The van der Waals surface area contributed by atoms with Gasteiger partial charge in [0.05, 0.1) is 25.3 Å². The Bertz CT molecular complexity index is 488. The molecule has 22 heavy (non-hydrogen) atoms. The summed E-state index contributed by atoms with van der Waals surface area (Å²) in [5, 5.41) is 0. The van der Waals surface area contributed by atoms with E-state index in [1.54, 1.807) is 31.2 Å². The van der Waals surface area contributed by atoms with E-state index in [4.69, 9.17) is 21.1 Å². The molecule has 6 heteroatoms. The molecular weight excluding hydrogens is 306 g/mol. The zero-order chi connectivity index (χ0) is 16.6. The first-order valence-electron chi connectivity index (χ1n) is 7.40. The Morgan fingerprint density at radius 2 is 1.73 bits per heavy atom. The van der Waals surface area contributed by atoms with Gasteiger partial charge in [0.1, 0.15) is 0 Å². The van der Waals surface area contributed by atoms with E-state index in [-0.39, 0.29) is 17.0 Å². The van der Waals surface area contributed by atoms with E-state index in [1.165, 1.54) is 0 Å². The highest BCUT2D eigenvalue weighted by atomic mass is 35.5. The highest BCUT2D eigenvalue weighted by molar-refractivity contribution is 6.19. The second-order valence-electron chi connectivity index (χ2n) is 4.88. The summed E-state index contributed by atoms with van der Waals surface area (Å²) >= 11 is 6.31. The molecule has 0 bridgehead atoms. The van der Waals surface area contributed by atoms with E-state index in [0.717, 1.165) is 0 Å². The molecule has 0 amide bonds. The Kier molecular flexibility index (Phi) is 7.35. The van der Waals surface area contributed by atoms with Gasteiger partial charge in [-0.15, -0.1) is 0 Å². The lowest BCUT2D eigenvalue weighted by Crippen LogP contribution is -2.57. The lowest BCUT2D eigenvalue weighted by Gasteiger charge is -2.38. The van der Waals surface area contributed by atoms with Crippen LogP contribution in [0.2, 0.25) is 0 Å². The van der Waals surface area contributed by atoms with Gasteiger partial charge in [0.25, 0.3) is 0 Å². The van der Waals surface area contributed by atoms with E-state index in [1.807, 2.05) is 19.9 Å². The Morgan fingerprint density at radius 3 is 2.23 bits per heavy atom. The SMILES string of the molecule is CCOC(=O)C[N+](CC)(CC)C(Cl)OC(=O)c1ccccc1. The van der Waals surface area contributed by atoms with Gasteiger partial charge in [-0.2, -0.15) is 0 Å². The van der Waals surface area contributed by atoms with Crippen molar-refractivity contribution in [3.8, 4) is 0 Å². The highest BCUT2D eigenvalue weighted by Crippen LogP contribution is 2.20. The fourth-order valence-electron chi connectivity index (χ4n) is 2.11. The number of likely N-dealkylation sites (N-methyl/N-ethyl adjacent to an activating group) is 1. The normalized spacial score (nSPS) is 12.5. The number of esters is 2. The van der Waals surface area contributed by atoms with Gasteiger partial charge in [-0.05, 0) is 44.5 Å². The predicted molar refractivity (Wildman–Crippen MR) is 84.3 cm³/mol. The minimum atomic E-state index is -0.952. The lowest BCUT2D eigenvalue weighted by atomic mass is 10.2. The fraction of sp³-hybridized carbons (Fsp3) is 0.500. The monoisotopic (exact) mass is 328 g/mol. The van der Waals surface area contributed by atoms with Crippen molar-refractivity contribution in [2.24, 2.45) is 0 Å². The number of alkyl halides is 1. The van der Waals surface area contributed by atoms with Crippen molar-refractivity contribution in [2.45, 2.75) is 26.5 Å². The molecule has 1 aromatic rings. The lowest BCUT2D eigenvalue weighted by molar-refractivity contribution is -0.946. The molecule has 5 nitrogen and oxygen atoms in total. The summed E-state index contributed by atoms with van der Waals surface area (Å²) in [6.45, 7) is 7.01. The molecule has 1 unspecified atom stereocenters. The van der Waals surface area contributed by atoms with Crippen LogP contribution in [0.25, 0.3) is 0 Å². The summed E-state index contributed by atoms with van der Waals surface area (Å²) in [5.41, 5.74) is -0.526. The highest BCUT2D eigenvalue weighted by Gasteiger charge is 2.38. The standard InChI is InChI=1S/C16H23ClNO4/c1-4-18(5-2,12-14(19)21-6-3)16(17)22-15(20)13-10-8-7-9-11-13/h7-11,16H,4-6,12H2,1-3H3/q+1. The zero-order valence-electron chi connectivity index (χ0n) is 13.3. The smallest absolute Gasteiger partial charge is 0.361 e. The van der Waals surface area contributed by atoms with Crippen molar-refractivity contribution < 1.29 is 23.5 Å². The second-order valence-corrected chi connectivity index (χ2v) is 5.25. The van der Waals surface area contributed by atoms with Crippen LogP contribution in [0.5, 0.6) is 0 Å². The maximum Gasteiger partial charge on any atom is 0.361 e. The van der Waals surface area contributed by atoms with E-state index < -0.39 is 11.7 Å². The van der Waals surface area contributed by atoms with Gasteiger partial charge >= 0.3 is 17.6 Å². The number of nitrogens with zero attached hydrogens (tertiary/aromatic N) is 1. The Labute approximate surface area is 136 Å². The number of carbonyl (C=O) groups excluding carboxylic acids is 2. The van der Waals surface area contributed by atoms with Crippen molar-refractivity contribution >= 4 is 23.5 Å². The summed E-state index contributed by atoms with van der Waals surface area (Å²) in [5.74, 6) is -0.860. The number of carbonyl (C=O) groups is 2. The summed E-state index contributed by atoms with van der Waals surface area (Å²) in [4.78, 5) is 23.9. The molecule has 1 aromatic carbocycles. The molecule has 0 spiro atoms. The number of hydrogen-bond donors (Lipinski definition) is 0. The molecule has 1 atom stereocenters. The van der Waals surface area contributed by atoms with Gasteiger partial charge in [-0.1, -0.05) is 18.2 Å². The molecule has 0 fully saturated rings. The van der Waals surface area contributed by atoms with Crippen molar-refractivity contribution in [2.75, 3.05) is 26.2 Å². The summed E-state index contributed by atoms with van der Waals surface area (Å²) < 4.78 is 10.5. The minimum absolute atomic E-state index is 0.0665. The zero-order valence-corrected chi connectivity index (χ0v) is 14.0. The molecule has 0 aromatic heterocycles. The molecule has 0 saturated heterocycles. The molecule has 0 aliphatic heterocycles. The number of halogens is 1. The van der Waals surface area contributed by atoms with Gasteiger partial charge in [-0.3, -0.25) is 4.48 Å². The Morgan fingerprint density at radius 1 is 1.14 bits per heavy atom. The number of quaternary nitrogens is 1. The van der Waals surface area contributed by atoms with E-state index in [2.05, 4.69) is 0 Å². The van der Waals surface area contributed by atoms with E-state index >= 15 is 0 Å². The van der Waals surface area contributed by atoms with Crippen LogP contribution < -0.4 is 0 Å². The third-order valence-corrected chi connectivity index (χ3v) is 4.16. The fourth-order valence-corrected chi connectivity index (χ4v) is 2.54. The molecule has 1 rings (SSSR count). The van der Waals surface area contributed by atoms with E-state index in [9.17, 15) is 9.59 Å². The Hall–Kier alpha value is -1.59. The molecule has 0 aliphatic rings. The van der Waals surface area contributed by atoms with E-state index in [0.29, 0.717) is 25.3 Å². The first kappa shape index (κ1) is 18.5. The van der Waals surface area contributed by atoms with Gasteiger partial charge in [0.15, 0.2) is 6.54 Å². The van der Waals surface area contributed by atoms with Crippen molar-refractivity contribution in [1.82, 2.24) is 0 Å². The van der Waals surface area contributed by atoms with Gasteiger partial charge in [0.2, 0.25) is 0 Å². The molecule has 122 valence electrons. The third kappa shape index (κ3) is 4.71. The number of hydrogen-bond acceptors (Lipinski definition) is 4. The minimum Gasteiger partial charge on any atom is -0.462 e. The van der Waals surface area contributed by atoms with Gasteiger partial charge in [0, 0.05) is 0 Å². The third-order valence-electron chi connectivity index (χ3n) is 3.65. The predicted octanol–water partition coefficient (Wildman–Crippen LogP) is 2.79. The average molecular weight is 329 g/mol. The van der Waals surface area contributed by atoms with Crippen molar-refractivity contribution in [3.05, 3.63) is 35.9 Å². The largest absolute Gasteiger partial charge is 0.462 e. The van der Waals surface area contributed by atoms with Crippen LogP contribution in [0, 0.1) is 0 Å². The molecule has 0 N–H and O–H groups in total. The Balaban J connectivity index is 2.82. The molecular formula is C16H23ClNO4+. The number of rotatable bonds is 8. The van der Waals surface area contributed by atoms with Crippen LogP contribution in [0.15, 0.2) is 30.3 Å². The van der Waals surface area contributed by atoms with Gasteiger partial charge < -0.3 is 9.47 Å². The molecule has 0 aliphatic carbocycles. The number of ether oxygens (including phenoxy) is 2. The van der Waals surface area contributed by atoms with Crippen LogP contribution in [0.4, 0.5) is 0 Å². The quantitative estimate of drug-likeness (QED) is 0.242. The van der Waals surface area contributed by atoms with Crippen LogP contribution in [-0.2, 0) is 14.3 Å². The first-order valence-corrected chi connectivity index (χ1v) is 7.84. The molecule has 0 heterocycles. The maximum atomic E-state index is 12.1. The van der Waals surface area contributed by atoms with Crippen LogP contribution in [0.1, 0.15) is 31.1 Å². The van der Waals surface area contributed by atoms with Crippen LogP contribution >= 0.6 is 11.6 Å². The van der Waals surface area contributed by atoms with Gasteiger partial charge in [-0.25, -0.2) is 9.59 Å². The number of benzene rings is 1. The maximum absolute atomic E-state index is 12.1. The summed E-state index contributed by atoms with van der Waals surface area (Å²) in [6, 6.07) is 8.63. The van der Waals surface area contributed by atoms with Crippen molar-refractivity contribution in [3.63, 3.8) is 0 Å². The first-order chi connectivity index (χ1) is 10.5. The summed E-state index contributed by atoms with van der Waals surface area (Å²) in [6.07, 6.45) is 0. The van der Waals surface area contributed by atoms with Crippen LogP contribution in [-0.4, -0.2) is 48.3 Å². The average Bonchev–Trinajstić information content (AvgIpc) is 2.53. The second kappa shape index (κ2) is 8.76.